The average Bonchev–Trinajstić information content (AvgIpc) is 2.56. The molecule has 14 heavy (non-hydrogen) atoms. The van der Waals surface area contributed by atoms with Gasteiger partial charge in [0, 0.05) is 0 Å². The number of carbonyl (C=O) groups excluding carboxylic acids is 2. The highest BCUT2D eigenvalue weighted by Gasteiger charge is 2.10. The van der Waals surface area contributed by atoms with Gasteiger partial charge >= 0.3 is 0 Å². The monoisotopic (exact) mass is 215 g/mol. The number of anilines is 1. The Labute approximate surface area is 83.4 Å². The molecule has 75 valence electrons. The summed E-state index contributed by atoms with van der Waals surface area (Å²) in [7, 11) is 1.29. The molecule has 0 aliphatic heterocycles. The molecule has 0 saturated heterocycles. The third-order valence-electron chi connectivity index (χ3n) is 1.11. The van der Waals surface area contributed by atoms with Gasteiger partial charge in [-0.25, -0.2) is 5.48 Å². The van der Waals surface area contributed by atoms with Gasteiger partial charge in [-0.15, -0.1) is 10.2 Å². The number of hydrogen-bond donors (Lipinski definition) is 2. The molecule has 1 heterocycles. The van der Waals surface area contributed by atoms with E-state index in [9.17, 15) is 9.59 Å². The fourth-order valence-corrected chi connectivity index (χ4v) is 1.07. The van der Waals surface area contributed by atoms with Gasteiger partial charge in [-0.05, 0) is 0 Å². The van der Waals surface area contributed by atoms with Crippen LogP contribution in [0, 0.1) is 5.51 Å². The zero-order valence-corrected chi connectivity index (χ0v) is 8.05. The van der Waals surface area contributed by atoms with Crippen LogP contribution in [0.5, 0.6) is 0 Å². The second kappa shape index (κ2) is 5.25. The molecule has 1 rings (SSSR count). The summed E-state index contributed by atoms with van der Waals surface area (Å²) in [6.45, 7) is 0. The van der Waals surface area contributed by atoms with E-state index in [2.05, 4.69) is 25.9 Å². The molecule has 0 saturated carbocycles. The predicted molar refractivity (Wildman–Crippen MR) is 47.1 cm³/mol. The first kappa shape index (κ1) is 10.5. The Balaban J connectivity index is 2.33. The number of amides is 2. The molecule has 0 aliphatic carbocycles. The molecule has 0 aromatic carbocycles. The van der Waals surface area contributed by atoms with Crippen molar-refractivity contribution in [2.75, 3.05) is 12.4 Å². The van der Waals surface area contributed by atoms with Crippen LogP contribution in [0.25, 0.3) is 0 Å². The second-order valence-corrected chi connectivity index (χ2v) is 2.93. The first-order valence-corrected chi connectivity index (χ1v) is 4.35. The average molecular weight is 215 g/mol. The lowest BCUT2D eigenvalue weighted by molar-refractivity contribution is -0.134. The summed E-state index contributed by atoms with van der Waals surface area (Å²) in [5, 5.41) is 9.60. The van der Waals surface area contributed by atoms with Crippen molar-refractivity contribution in [3.63, 3.8) is 0 Å². The zero-order chi connectivity index (χ0) is 10.4. The van der Waals surface area contributed by atoms with Crippen molar-refractivity contribution in [3.05, 3.63) is 5.51 Å². The van der Waals surface area contributed by atoms with E-state index in [1.54, 1.807) is 0 Å². The van der Waals surface area contributed by atoms with Gasteiger partial charge < -0.3 is 5.32 Å². The smallest absolute Gasteiger partial charge is 0.252 e. The van der Waals surface area contributed by atoms with Gasteiger partial charge in [0.1, 0.15) is 6.42 Å². The van der Waals surface area contributed by atoms with E-state index in [1.165, 1.54) is 7.11 Å². The number of rotatable bonds is 4. The summed E-state index contributed by atoms with van der Waals surface area (Å²) >= 11 is 1.05. The quantitative estimate of drug-likeness (QED) is 0.514. The van der Waals surface area contributed by atoms with Crippen molar-refractivity contribution in [1.29, 1.82) is 0 Å². The van der Waals surface area contributed by atoms with Crippen LogP contribution >= 0.6 is 11.3 Å². The number of nitrogens with one attached hydrogen (secondary N) is 2. The first-order chi connectivity index (χ1) is 6.72. The molecule has 1 aromatic rings. The van der Waals surface area contributed by atoms with Crippen molar-refractivity contribution >= 4 is 28.3 Å². The number of nitrogens with zero attached hydrogens (tertiary/aromatic N) is 2. The van der Waals surface area contributed by atoms with Gasteiger partial charge in [0.25, 0.3) is 5.91 Å². The van der Waals surface area contributed by atoms with Crippen LogP contribution in [0.1, 0.15) is 6.42 Å². The summed E-state index contributed by atoms with van der Waals surface area (Å²) in [6, 6.07) is 0. The molecule has 2 amide bonds. The molecule has 0 bridgehead atoms. The number of hydrogen-bond acceptors (Lipinski definition) is 6. The van der Waals surface area contributed by atoms with Gasteiger partial charge in [-0.2, -0.15) is 0 Å². The molecule has 0 unspecified atom stereocenters. The third-order valence-corrected chi connectivity index (χ3v) is 1.66. The Hall–Kier alpha value is -1.54. The van der Waals surface area contributed by atoms with E-state index in [1.807, 2.05) is 5.48 Å². The summed E-state index contributed by atoms with van der Waals surface area (Å²) < 4.78 is 0. The third kappa shape index (κ3) is 3.46. The first-order valence-electron chi connectivity index (χ1n) is 3.53. The van der Waals surface area contributed by atoms with Gasteiger partial charge in [-0.3, -0.25) is 14.4 Å². The number of carbonyl (C=O) groups is 2. The fourth-order valence-electron chi connectivity index (χ4n) is 0.660. The van der Waals surface area contributed by atoms with Crippen LogP contribution < -0.4 is 10.8 Å². The Morgan fingerprint density at radius 2 is 2.36 bits per heavy atom. The highest BCUT2D eigenvalue weighted by Crippen LogP contribution is 2.07. The Kier molecular flexibility index (Phi) is 3.95. The molecule has 1 radical (unpaired) electrons. The van der Waals surface area contributed by atoms with Gasteiger partial charge in [0.2, 0.25) is 11.0 Å². The standard InChI is InChI=1S/C6H7N4O3S/c1-13-10-5(12)2-4(11)8-6-9-7-3-14-6/h2H2,1H3,(H,10,12)(H,8,9,11). The maximum atomic E-state index is 11.1. The van der Waals surface area contributed by atoms with Crippen molar-refractivity contribution in [2.24, 2.45) is 0 Å². The Bertz CT molecular complexity index is 313. The van der Waals surface area contributed by atoms with Crippen LogP contribution in [0.15, 0.2) is 0 Å². The van der Waals surface area contributed by atoms with Crippen LogP contribution in [0.3, 0.4) is 0 Å². The largest absolute Gasteiger partial charge is 0.300 e. The highest BCUT2D eigenvalue weighted by atomic mass is 32.1. The molecule has 0 aliphatic rings. The predicted octanol–water partition coefficient (Wildman–Crippen LogP) is -0.656. The molecule has 0 atom stereocenters. The highest BCUT2D eigenvalue weighted by molar-refractivity contribution is 7.13. The number of hydroxylamine groups is 1. The summed E-state index contributed by atoms with van der Waals surface area (Å²) in [5.74, 6) is -1.01. The van der Waals surface area contributed by atoms with Crippen LogP contribution in [-0.2, 0) is 14.4 Å². The van der Waals surface area contributed by atoms with Crippen LogP contribution in [0.4, 0.5) is 5.13 Å². The van der Waals surface area contributed by atoms with Crippen molar-refractivity contribution in [3.8, 4) is 0 Å². The molecule has 2 N–H and O–H groups in total. The van der Waals surface area contributed by atoms with E-state index in [4.69, 9.17) is 0 Å². The fraction of sp³-hybridized carbons (Fsp3) is 0.333. The lowest BCUT2D eigenvalue weighted by Gasteiger charge is -2.00. The van der Waals surface area contributed by atoms with E-state index < -0.39 is 11.8 Å². The molecular formula is C6H7N4O3S. The summed E-state index contributed by atoms with van der Waals surface area (Å²) in [4.78, 5) is 26.3. The van der Waals surface area contributed by atoms with Gasteiger partial charge in [0.15, 0.2) is 5.51 Å². The SMILES string of the molecule is CONC(=O)CC(=O)Nc1nn[c]s1. The lowest BCUT2D eigenvalue weighted by atomic mass is 10.4. The molecular weight excluding hydrogens is 208 g/mol. The zero-order valence-electron chi connectivity index (χ0n) is 7.23. The van der Waals surface area contributed by atoms with E-state index >= 15 is 0 Å². The minimum Gasteiger partial charge on any atom is -0.300 e. The Morgan fingerprint density at radius 1 is 1.57 bits per heavy atom. The second-order valence-electron chi connectivity index (χ2n) is 2.15. The topological polar surface area (TPSA) is 93.2 Å². The summed E-state index contributed by atoms with van der Waals surface area (Å²) in [6.07, 6.45) is -0.326. The Morgan fingerprint density at radius 3 is 2.93 bits per heavy atom. The molecule has 7 nitrogen and oxygen atoms in total. The van der Waals surface area contributed by atoms with E-state index in [0.29, 0.717) is 5.13 Å². The minimum atomic E-state index is -0.529. The maximum absolute atomic E-state index is 11.1. The van der Waals surface area contributed by atoms with Crippen LogP contribution in [0.2, 0.25) is 0 Å². The van der Waals surface area contributed by atoms with Crippen LogP contribution in [-0.4, -0.2) is 29.1 Å². The maximum Gasteiger partial charge on any atom is 0.252 e. The molecule has 8 heteroatoms. The summed E-state index contributed by atoms with van der Waals surface area (Å²) in [5.41, 5.74) is 4.47. The van der Waals surface area contributed by atoms with Crippen molar-refractivity contribution in [1.82, 2.24) is 15.7 Å². The van der Waals surface area contributed by atoms with Gasteiger partial charge in [-0.1, -0.05) is 11.3 Å². The van der Waals surface area contributed by atoms with Gasteiger partial charge in [0.05, 0.1) is 7.11 Å². The lowest BCUT2D eigenvalue weighted by Crippen LogP contribution is -2.27. The van der Waals surface area contributed by atoms with E-state index in [0.717, 1.165) is 11.3 Å². The van der Waals surface area contributed by atoms with E-state index in [-0.39, 0.29) is 6.42 Å². The minimum absolute atomic E-state index is 0.306. The molecule has 1 aromatic heterocycles. The normalized spacial score (nSPS) is 9.50. The van der Waals surface area contributed by atoms with Crippen molar-refractivity contribution < 1.29 is 14.4 Å². The number of aromatic nitrogens is 2. The van der Waals surface area contributed by atoms with Crippen molar-refractivity contribution in [2.45, 2.75) is 6.42 Å². The molecule has 0 spiro atoms. The molecule has 0 fully saturated rings.